The van der Waals surface area contributed by atoms with Crippen LogP contribution in [0.4, 0.5) is 0 Å². The van der Waals surface area contributed by atoms with Gasteiger partial charge in [-0.05, 0) is 49.3 Å². The number of aromatic nitrogens is 1. The number of nitrogens with two attached hydrogens (primary N) is 1. The van der Waals surface area contributed by atoms with Gasteiger partial charge in [0, 0.05) is 36.5 Å². The highest BCUT2D eigenvalue weighted by Gasteiger charge is 2.38. The first-order valence-corrected chi connectivity index (χ1v) is 14.2. The van der Waals surface area contributed by atoms with Crippen molar-refractivity contribution in [3.63, 3.8) is 0 Å². The number of benzene rings is 1. The minimum atomic E-state index is -1.17. The molecule has 4 atom stereocenters. The lowest BCUT2D eigenvalue weighted by molar-refractivity contribution is -0.143. The predicted octanol–water partition coefficient (Wildman–Crippen LogP) is 0.701. The number of hydrogen-bond acceptors (Lipinski definition) is 7. The van der Waals surface area contributed by atoms with Crippen LogP contribution in [0.3, 0.4) is 0 Å². The molecular weight excluding hydrogens is 526 g/mol. The Balaban J connectivity index is 1.79. The molecule has 3 rings (SSSR count). The van der Waals surface area contributed by atoms with E-state index in [0.29, 0.717) is 18.6 Å². The molecule has 1 aliphatic heterocycles. The van der Waals surface area contributed by atoms with Crippen molar-refractivity contribution in [2.45, 2.75) is 62.7 Å². The van der Waals surface area contributed by atoms with Gasteiger partial charge < -0.3 is 36.5 Å². The molecule has 0 radical (unpaired) electrons. The van der Waals surface area contributed by atoms with Gasteiger partial charge in [-0.25, -0.2) is 4.79 Å². The molecule has 1 aromatic carbocycles. The molecule has 212 valence electrons. The second-order valence-corrected chi connectivity index (χ2v) is 10.5. The number of aliphatic carboxylic acids is 2. The molecule has 0 bridgehead atoms. The summed E-state index contributed by atoms with van der Waals surface area (Å²) < 4.78 is 0. The van der Waals surface area contributed by atoms with E-state index in [0.717, 1.165) is 16.5 Å². The van der Waals surface area contributed by atoms with Crippen molar-refractivity contribution in [3.8, 4) is 0 Å². The summed E-state index contributed by atoms with van der Waals surface area (Å²) >= 11 is 1.46. The zero-order chi connectivity index (χ0) is 28.5. The molecule has 13 heteroatoms. The normalized spacial score (nSPS) is 17.4. The van der Waals surface area contributed by atoms with Crippen LogP contribution in [-0.4, -0.2) is 92.5 Å². The third-order valence-corrected chi connectivity index (χ3v) is 7.43. The number of rotatable bonds is 14. The number of amides is 3. The molecule has 1 fully saturated rings. The van der Waals surface area contributed by atoms with Gasteiger partial charge in [-0.2, -0.15) is 11.8 Å². The number of carbonyl (C=O) groups excluding carboxylic acids is 3. The smallest absolute Gasteiger partial charge is 0.326 e. The van der Waals surface area contributed by atoms with Crippen LogP contribution >= 0.6 is 11.8 Å². The Bertz CT molecular complexity index is 1200. The van der Waals surface area contributed by atoms with E-state index < -0.39 is 53.8 Å². The fourth-order valence-electron chi connectivity index (χ4n) is 4.68. The number of aromatic amines is 1. The van der Waals surface area contributed by atoms with Gasteiger partial charge in [0.25, 0.3) is 0 Å². The Kier molecular flexibility index (Phi) is 10.8. The van der Waals surface area contributed by atoms with Crippen molar-refractivity contribution in [1.82, 2.24) is 20.5 Å². The van der Waals surface area contributed by atoms with Crippen LogP contribution < -0.4 is 16.4 Å². The van der Waals surface area contributed by atoms with Crippen LogP contribution in [-0.2, 0) is 30.4 Å². The van der Waals surface area contributed by atoms with Crippen LogP contribution in [0, 0.1) is 0 Å². The largest absolute Gasteiger partial charge is 0.481 e. The summed E-state index contributed by atoms with van der Waals surface area (Å²) in [5.41, 5.74) is 7.52. The van der Waals surface area contributed by atoms with Gasteiger partial charge >= 0.3 is 11.9 Å². The first-order chi connectivity index (χ1) is 18.6. The van der Waals surface area contributed by atoms with Crippen molar-refractivity contribution in [3.05, 3.63) is 36.0 Å². The Morgan fingerprint density at radius 1 is 1.13 bits per heavy atom. The number of H-pyrrole nitrogens is 1. The maximum atomic E-state index is 13.4. The second-order valence-electron chi connectivity index (χ2n) is 9.53. The Labute approximate surface area is 230 Å². The first kappa shape index (κ1) is 30.0. The van der Waals surface area contributed by atoms with E-state index in [1.807, 2.05) is 30.5 Å². The molecular formula is C26H35N5O7S. The SMILES string of the molecule is CSCCC(NC(=O)C(Cc1c[nH]c2ccccc12)NC(=O)C1CCCN1C(=O)C(N)CCC(=O)O)C(=O)O. The maximum absolute atomic E-state index is 13.4. The Hall–Kier alpha value is -3.58. The minimum absolute atomic E-state index is 0.0583. The van der Waals surface area contributed by atoms with Crippen molar-refractivity contribution in [2.24, 2.45) is 5.73 Å². The third-order valence-electron chi connectivity index (χ3n) is 6.78. The second kappa shape index (κ2) is 14.0. The third kappa shape index (κ3) is 7.96. The van der Waals surface area contributed by atoms with Crippen molar-refractivity contribution < 1.29 is 34.2 Å². The summed E-state index contributed by atoms with van der Waals surface area (Å²) in [6.45, 7) is 0.284. The average Bonchev–Trinajstić information content (AvgIpc) is 3.56. The topological polar surface area (TPSA) is 195 Å². The van der Waals surface area contributed by atoms with Gasteiger partial charge in [0.1, 0.15) is 18.1 Å². The molecule has 1 aromatic heterocycles. The van der Waals surface area contributed by atoms with Gasteiger partial charge in [0.15, 0.2) is 0 Å². The van der Waals surface area contributed by atoms with E-state index in [9.17, 15) is 29.1 Å². The van der Waals surface area contributed by atoms with Crippen LogP contribution in [0.25, 0.3) is 10.9 Å². The van der Waals surface area contributed by atoms with Crippen molar-refractivity contribution in [1.29, 1.82) is 0 Å². The fourth-order valence-corrected chi connectivity index (χ4v) is 5.15. The molecule has 1 aliphatic rings. The number of carboxylic acid groups (broad SMARTS) is 2. The van der Waals surface area contributed by atoms with Crippen LogP contribution in [0.1, 0.15) is 37.7 Å². The molecule has 39 heavy (non-hydrogen) atoms. The Morgan fingerprint density at radius 2 is 1.87 bits per heavy atom. The summed E-state index contributed by atoms with van der Waals surface area (Å²) in [5.74, 6) is -3.43. The maximum Gasteiger partial charge on any atom is 0.326 e. The highest BCUT2D eigenvalue weighted by atomic mass is 32.2. The number of thioether (sulfide) groups is 1. The predicted molar refractivity (Wildman–Crippen MR) is 146 cm³/mol. The van der Waals surface area contributed by atoms with E-state index in [4.69, 9.17) is 10.8 Å². The number of carbonyl (C=O) groups is 5. The molecule has 1 saturated heterocycles. The standard InChI is InChI=1S/C26H35N5O7S/c1-39-12-10-19(26(37)38)29-23(34)20(13-15-14-28-18-6-3-2-5-16(15)18)30-24(35)21-7-4-11-31(21)25(36)17(27)8-9-22(32)33/h2-3,5-6,14,17,19-21,28H,4,7-13,27H2,1H3,(H,29,34)(H,30,35)(H,32,33)(H,37,38). The average molecular weight is 562 g/mol. The highest BCUT2D eigenvalue weighted by Crippen LogP contribution is 2.22. The van der Waals surface area contributed by atoms with Gasteiger partial charge in [0.2, 0.25) is 17.7 Å². The van der Waals surface area contributed by atoms with Gasteiger partial charge in [0.05, 0.1) is 6.04 Å². The summed E-state index contributed by atoms with van der Waals surface area (Å²) in [7, 11) is 0. The minimum Gasteiger partial charge on any atom is -0.481 e. The fraction of sp³-hybridized carbons (Fsp3) is 0.500. The molecule has 0 spiro atoms. The first-order valence-electron chi connectivity index (χ1n) is 12.8. The molecule has 0 aliphatic carbocycles. The quantitative estimate of drug-likeness (QED) is 0.192. The number of carboxylic acids is 2. The van der Waals surface area contributed by atoms with E-state index in [-0.39, 0.29) is 32.2 Å². The monoisotopic (exact) mass is 561 g/mol. The molecule has 2 aromatic rings. The van der Waals surface area contributed by atoms with Gasteiger partial charge in [-0.3, -0.25) is 19.2 Å². The van der Waals surface area contributed by atoms with E-state index in [1.54, 1.807) is 6.20 Å². The lowest BCUT2D eigenvalue weighted by atomic mass is 10.0. The van der Waals surface area contributed by atoms with E-state index in [2.05, 4.69) is 15.6 Å². The van der Waals surface area contributed by atoms with E-state index in [1.165, 1.54) is 16.7 Å². The summed E-state index contributed by atoms with van der Waals surface area (Å²) in [6, 6.07) is 3.31. The molecule has 4 unspecified atom stereocenters. The molecule has 0 saturated carbocycles. The number of hydrogen-bond donors (Lipinski definition) is 6. The number of para-hydroxylation sites is 1. The summed E-state index contributed by atoms with van der Waals surface area (Å²) in [6.07, 6.45) is 4.46. The number of likely N-dealkylation sites (tertiary alicyclic amines) is 1. The molecule has 12 nitrogen and oxygen atoms in total. The summed E-state index contributed by atoms with van der Waals surface area (Å²) in [4.78, 5) is 66.7. The van der Waals surface area contributed by atoms with Gasteiger partial charge in [-0.1, -0.05) is 18.2 Å². The van der Waals surface area contributed by atoms with Crippen LogP contribution in [0.15, 0.2) is 30.5 Å². The van der Waals surface area contributed by atoms with Gasteiger partial charge in [-0.15, -0.1) is 0 Å². The molecule has 2 heterocycles. The highest BCUT2D eigenvalue weighted by molar-refractivity contribution is 7.98. The van der Waals surface area contributed by atoms with Crippen molar-refractivity contribution in [2.75, 3.05) is 18.6 Å². The van der Waals surface area contributed by atoms with Crippen LogP contribution in [0.5, 0.6) is 0 Å². The summed E-state index contributed by atoms with van der Waals surface area (Å²) in [5, 5.41) is 24.7. The number of nitrogens with zero attached hydrogens (tertiary/aromatic N) is 1. The molecule has 7 N–H and O–H groups in total. The molecule has 3 amide bonds. The van der Waals surface area contributed by atoms with Crippen molar-refractivity contribution >= 4 is 52.3 Å². The number of nitrogens with one attached hydrogen (secondary N) is 3. The lowest BCUT2D eigenvalue weighted by Crippen LogP contribution is -2.57. The Morgan fingerprint density at radius 3 is 2.56 bits per heavy atom. The van der Waals surface area contributed by atoms with Crippen LogP contribution in [0.2, 0.25) is 0 Å². The zero-order valence-electron chi connectivity index (χ0n) is 21.7. The van der Waals surface area contributed by atoms with E-state index >= 15 is 0 Å². The number of fused-ring (bicyclic) bond motifs is 1. The zero-order valence-corrected chi connectivity index (χ0v) is 22.5. The lowest BCUT2D eigenvalue weighted by Gasteiger charge is -2.28.